The summed E-state index contributed by atoms with van der Waals surface area (Å²) in [7, 11) is 1.66. The molecular formula is C14H27ClN2O2. The molecule has 0 aromatic rings. The first-order valence-electron chi connectivity index (χ1n) is 7.21. The molecule has 1 heterocycles. The molecule has 0 aromatic heterocycles. The average Bonchev–Trinajstić information content (AvgIpc) is 3.17. The summed E-state index contributed by atoms with van der Waals surface area (Å²) in [5, 5.41) is 6.41. The molecule has 112 valence electrons. The molecule has 0 bridgehead atoms. The number of amides is 1. The third-order valence-electron chi connectivity index (χ3n) is 4.58. The molecule has 1 saturated heterocycles. The first kappa shape index (κ1) is 16.7. The van der Waals surface area contributed by atoms with Gasteiger partial charge < -0.3 is 15.4 Å². The summed E-state index contributed by atoms with van der Waals surface area (Å²) < 4.78 is 5.53. The molecule has 4 nitrogen and oxygen atoms in total. The number of nitrogens with one attached hydrogen (secondary N) is 2. The van der Waals surface area contributed by atoms with Crippen LogP contribution >= 0.6 is 12.4 Å². The van der Waals surface area contributed by atoms with Gasteiger partial charge in [0.25, 0.3) is 5.91 Å². The monoisotopic (exact) mass is 290 g/mol. The summed E-state index contributed by atoms with van der Waals surface area (Å²) in [6.45, 7) is 4.77. The molecule has 2 aliphatic rings. The van der Waals surface area contributed by atoms with E-state index in [0.717, 1.165) is 32.5 Å². The van der Waals surface area contributed by atoms with Crippen molar-refractivity contribution in [2.45, 2.75) is 51.0 Å². The number of ether oxygens (including phenoxy) is 1. The van der Waals surface area contributed by atoms with Crippen molar-refractivity contribution in [3.63, 3.8) is 0 Å². The van der Waals surface area contributed by atoms with Gasteiger partial charge in [-0.15, -0.1) is 12.4 Å². The van der Waals surface area contributed by atoms with Crippen LogP contribution in [0.15, 0.2) is 0 Å². The predicted molar refractivity (Wildman–Crippen MR) is 78.7 cm³/mol. The van der Waals surface area contributed by atoms with Crippen LogP contribution in [0, 0.1) is 5.41 Å². The number of halogens is 1. The van der Waals surface area contributed by atoms with Crippen molar-refractivity contribution >= 4 is 18.3 Å². The summed E-state index contributed by atoms with van der Waals surface area (Å²) in [5.74, 6) is 0.0916. The van der Waals surface area contributed by atoms with E-state index in [4.69, 9.17) is 4.74 Å². The van der Waals surface area contributed by atoms with Crippen LogP contribution in [0.25, 0.3) is 0 Å². The number of rotatable bonds is 6. The van der Waals surface area contributed by atoms with E-state index in [9.17, 15) is 4.79 Å². The van der Waals surface area contributed by atoms with Gasteiger partial charge in [-0.2, -0.15) is 0 Å². The van der Waals surface area contributed by atoms with E-state index in [1.165, 1.54) is 25.7 Å². The molecule has 2 fully saturated rings. The number of piperidine rings is 1. The summed E-state index contributed by atoms with van der Waals surface area (Å²) >= 11 is 0. The number of hydrogen-bond donors (Lipinski definition) is 2. The normalized spacial score (nSPS) is 23.3. The van der Waals surface area contributed by atoms with E-state index in [2.05, 4.69) is 17.6 Å². The molecule has 2 N–H and O–H groups in total. The third kappa shape index (κ3) is 3.83. The van der Waals surface area contributed by atoms with E-state index in [1.807, 2.05) is 0 Å². The van der Waals surface area contributed by atoms with Gasteiger partial charge in [0.05, 0.1) is 0 Å². The maximum Gasteiger partial charge on any atom is 0.252 e. The Morgan fingerprint density at radius 3 is 2.37 bits per heavy atom. The van der Waals surface area contributed by atoms with Crippen LogP contribution in [-0.2, 0) is 9.53 Å². The lowest BCUT2D eigenvalue weighted by Crippen LogP contribution is -2.54. The maximum absolute atomic E-state index is 12.4. The smallest absolute Gasteiger partial charge is 0.252 e. The van der Waals surface area contributed by atoms with E-state index < -0.39 is 5.60 Å². The van der Waals surface area contributed by atoms with Crippen LogP contribution in [0.3, 0.4) is 0 Å². The number of methoxy groups -OCH3 is 1. The van der Waals surface area contributed by atoms with Gasteiger partial charge in [0.15, 0.2) is 0 Å². The zero-order valence-electron chi connectivity index (χ0n) is 12.1. The molecule has 19 heavy (non-hydrogen) atoms. The number of carbonyl (C=O) groups is 1. The zero-order chi connectivity index (χ0) is 13.1. The molecular weight excluding hydrogens is 264 g/mol. The van der Waals surface area contributed by atoms with Gasteiger partial charge in [-0.25, -0.2) is 0 Å². The fourth-order valence-corrected chi connectivity index (χ4v) is 3.01. The highest BCUT2D eigenvalue weighted by molar-refractivity contribution is 5.85. The van der Waals surface area contributed by atoms with Crippen LogP contribution in [0.1, 0.15) is 45.4 Å². The Balaban J connectivity index is 0.00000180. The zero-order valence-corrected chi connectivity index (χ0v) is 12.9. The fourth-order valence-electron chi connectivity index (χ4n) is 3.01. The van der Waals surface area contributed by atoms with Gasteiger partial charge in [-0.3, -0.25) is 4.79 Å². The maximum atomic E-state index is 12.4. The second-order valence-electron chi connectivity index (χ2n) is 5.88. The Kier molecular flexibility index (Phi) is 6.09. The lowest BCUT2D eigenvalue weighted by atomic mass is 9.90. The van der Waals surface area contributed by atoms with E-state index in [0.29, 0.717) is 5.41 Å². The Hall–Kier alpha value is -0.320. The van der Waals surface area contributed by atoms with Gasteiger partial charge in [-0.05, 0) is 50.6 Å². The summed E-state index contributed by atoms with van der Waals surface area (Å²) in [6.07, 6.45) is 6.52. The molecule has 2 rings (SSSR count). The third-order valence-corrected chi connectivity index (χ3v) is 4.58. The minimum absolute atomic E-state index is 0. The van der Waals surface area contributed by atoms with Crippen molar-refractivity contribution in [2.75, 3.05) is 26.7 Å². The topological polar surface area (TPSA) is 50.4 Å². The van der Waals surface area contributed by atoms with E-state index in [1.54, 1.807) is 7.11 Å². The summed E-state index contributed by atoms with van der Waals surface area (Å²) in [6, 6.07) is 0. The van der Waals surface area contributed by atoms with Crippen molar-refractivity contribution < 1.29 is 9.53 Å². The van der Waals surface area contributed by atoms with Crippen LogP contribution in [-0.4, -0.2) is 38.3 Å². The predicted octanol–water partition coefficient (Wildman–Crippen LogP) is 1.87. The quantitative estimate of drug-likeness (QED) is 0.785. The minimum Gasteiger partial charge on any atom is -0.368 e. The van der Waals surface area contributed by atoms with Gasteiger partial charge in [-0.1, -0.05) is 13.3 Å². The molecule has 0 aromatic carbocycles. The summed E-state index contributed by atoms with van der Waals surface area (Å²) in [4.78, 5) is 12.4. The van der Waals surface area contributed by atoms with Gasteiger partial charge >= 0.3 is 0 Å². The molecule has 0 radical (unpaired) electrons. The number of hydrogen-bond acceptors (Lipinski definition) is 3. The van der Waals surface area contributed by atoms with Crippen LogP contribution in [0.4, 0.5) is 0 Å². The highest BCUT2D eigenvalue weighted by atomic mass is 35.5. The standard InChI is InChI=1S/C14H26N2O2.ClH/c1-3-4-13(5-6-13)11-16-12(17)14(18-2)7-9-15-10-8-14;/h15H,3-11H2,1-2H3,(H,16,17);1H. The lowest BCUT2D eigenvalue weighted by Gasteiger charge is -2.35. The van der Waals surface area contributed by atoms with Crippen molar-refractivity contribution in [1.29, 1.82) is 0 Å². The molecule has 1 saturated carbocycles. The molecule has 1 aliphatic carbocycles. The highest BCUT2D eigenvalue weighted by Crippen LogP contribution is 2.49. The molecule has 5 heteroatoms. The van der Waals surface area contributed by atoms with Crippen LogP contribution in [0.5, 0.6) is 0 Å². The van der Waals surface area contributed by atoms with Gasteiger partial charge in [0, 0.05) is 13.7 Å². The SMILES string of the molecule is CCCC1(CNC(=O)C2(OC)CCNCC2)CC1.Cl. The Labute approximate surface area is 122 Å². The molecule has 0 unspecified atom stereocenters. The van der Waals surface area contributed by atoms with E-state index in [-0.39, 0.29) is 18.3 Å². The molecule has 0 atom stereocenters. The Morgan fingerprint density at radius 2 is 1.89 bits per heavy atom. The largest absolute Gasteiger partial charge is 0.368 e. The minimum atomic E-state index is -0.590. The fraction of sp³-hybridized carbons (Fsp3) is 0.929. The molecule has 0 spiro atoms. The Morgan fingerprint density at radius 1 is 1.26 bits per heavy atom. The molecule has 1 amide bonds. The first-order valence-corrected chi connectivity index (χ1v) is 7.21. The second kappa shape index (κ2) is 6.91. The van der Waals surface area contributed by atoms with Crippen molar-refractivity contribution in [3.05, 3.63) is 0 Å². The van der Waals surface area contributed by atoms with Crippen LogP contribution < -0.4 is 10.6 Å². The van der Waals surface area contributed by atoms with Gasteiger partial charge in [0.1, 0.15) is 5.60 Å². The summed E-state index contributed by atoms with van der Waals surface area (Å²) in [5.41, 5.74) is -0.181. The molecule has 1 aliphatic heterocycles. The average molecular weight is 291 g/mol. The second-order valence-corrected chi connectivity index (χ2v) is 5.88. The number of carbonyl (C=O) groups excluding carboxylic acids is 1. The van der Waals surface area contributed by atoms with Crippen molar-refractivity contribution in [1.82, 2.24) is 10.6 Å². The van der Waals surface area contributed by atoms with Crippen LogP contribution in [0.2, 0.25) is 0 Å². The van der Waals surface area contributed by atoms with Gasteiger partial charge in [0.2, 0.25) is 0 Å². The lowest BCUT2D eigenvalue weighted by molar-refractivity contribution is -0.147. The van der Waals surface area contributed by atoms with E-state index >= 15 is 0 Å². The Bertz CT molecular complexity index is 300. The van der Waals surface area contributed by atoms with Crippen molar-refractivity contribution in [3.8, 4) is 0 Å². The first-order chi connectivity index (χ1) is 8.66. The van der Waals surface area contributed by atoms with Crippen molar-refractivity contribution in [2.24, 2.45) is 5.41 Å². The highest BCUT2D eigenvalue weighted by Gasteiger charge is 2.44.